The van der Waals surface area contributed by atoms with E-state index in [9.17, 15) is 0 Å². The van der Waals surface area contributed by atoms with Crippen molar-refractivity contribution in [3.63, 3.8) is 0 Å². The second kappa shape index (κ2) is 4.56. The van der Waals surface area contributed by atoms with E-state index in [4.69, 9.17) is 5.26 Å². The van der Waals surface area contributed by atoms with E-state index in [0.717, 1.165) is 34.5 Å². The van der Waals surface area contributed by atoms with Gasteiger partial charge in [-0.15, -0.1) is 11.8 Å². The second-order valence-electron chi connectivity index (χ2n) is 6.65. The van der Waals surface area contributed by atoms with E-state index in [1.165, 1.54) is 37.0 Å². The van der Waals surface area contributed by atoms with Gasteiger partial charge in [-0.1, -0.05) is 0 Å². The van der Waals surface area contributed by atoms with Crippen LogP contribution in [0.4, 0.5) is 0 Å². The zero-order chi connectivity index (χ0) is 12.8. The molecule has 2 heteroatoms. The number of thioether (sulfide) groups is 1. The molecule has 4 bridgehead atoms. The molecule has 1 aromatic rings. The van der Waals surface area contributed by atoms with Crippen LogP contribution >= 0.6 is 11.8 Å². The van der Waals surface area contributed by atoms with Crippen molar-refractivity contribution >= 4 is 11.8 Å². The third-order valence-corrected chi connectivity index (χ3v) is 6.98. The Bertz CT molecular complexity index is 485. The first-order valence-corrected chi connectivity index (χ1v) is 8.36. The van der Waals surface area contributed by atoms with Crippen molar-refractivity contribution in [3.8, 4) is 6.07 Å². The van der Waals surface area contributed by atoms with Crippen LogP contribution in [0.1, 0.15) is 37.7 Å². The molecule has 4 fully saturated rings. The first-order valence-electron chi connectivity index (χ1n) is 7.48. The Labute approximate surface area is 119 Å². The lowest BCUT2D eigenvalue weighted by atomic mass is 9.56. The Morgan fingerprint density at radius 2 is 1.47 bits per heavy atom. The molecule has 0 saturated heterocycles. The molecule has 1 aromatic carbocycles. The lowest BCUT2D eigenvalue weighted by molar-refractivity contribution is 0.0267. The molecule has 19 heavy (non-hydrogen) atoms. The molecule has 0 spiro atoms. The Balaban J connectivity index is 1.52. The summed E-state index contributed by atoms with van der Waals surface area (Å²) in [4.78, 5) is 1.36. The van der Waals surface area contributed by atoms with Crippen LogP contribution in [0.15, 0.2) is 29.2 Å². The SMILES string of the molecule is N#Cc1ccc(SC2C3CC4CC(C3)CC2C4)cc1. The summed E-state index contributed by atoms with van der Waals surface area (Å²) in [5.74, 6) is 4.05. The molecule has 5 rings (SSSR count). The lowest BCUT2D eigenvalue weighted by Gasteiger charge is -2.54. The van der Waals surface area contributed by atoms with Gasteiger partial charge in [0, 0.05) is 10.1 Å². The number of benzene rings is 1. The molecule has 0 N–H and O–H groups in total. The standard InChI is InChI=1S/C17H19NS/c18-10-11-1-3-16(4-2-11)19-17-14-6-12-5-13(8-14)9-15(17)7-12/h1-4,12-15,17H,5-9H2. The summed E-state index contributed by atoms with van der Waals surface area (Å²) in [7, 11) is 0. The van der Waals surface area contributed by atoms with Crippen LogP contribution in [-0.2, 0) is 0 Å². The van der Waals surface area contributed by atoms with Crippen molar-refractivity contribution in [1.29, 1.82) is 5.26 Å². The summed E-state index contributed by atoms with van der Waals surface area (Å²) in [6.45, 7) is 0. The number of hydrogen-bond donors (Lipinski definition) is 0. The molecule has 0 aliphatic heterocycles. The van der Waals surface area contributed by atoms with Gasteiger partial charge in [0.1, 0.15) is 0 Å². The third-order valence-electron chi connectivity index (χ3n) is 5.40. The van der Waals surface area contributed by atoms with Gasteiger partial charge in [0.2, 0.25) is 0 Å². The summed E-state index contributed by atoms with van der Waals surface area (Å²) in [6.07, 6.45) is 7.48. The molecule has 0 heterocycles. The minimum Gasteiger partial charge on any atom is -0.192 e. The van der Waals surface area contributed by atoms with Crippen LogP contribution in [0.3, 0.4) is 0 Å². The molecular formula is C17H19NS. The van der Waals surface area contributed by atoms with Gasteiger partial charge in [0.15, 0.2) is 0 Å². The molecule has 0 atom stereocenters. The lowest BCUT2D eigenvalue weighted by Crippen LogP contribution is -2.46. The van der Waals surface area contributed by atoms with E-state index in [0.29, 0.717) is 0 Å². The predicted molar refractivity (Wildman–Crippen MR) is 77.8 cm³/mol. The largest absolute Gasteiger partial charge is 0.192 e. The van der Waals surface area contributed by atoms with Gasteiger partial charge in [-0.05, 0) is 80.0 Å². The van der Waals surface area contributed by atoms with Crippen LogP contribution in [0, 0.1) is 35.0 Å². The third kappa shape index (κ3) is 2.09. The highest BCUT2D eigenvalue weighted by molar-refractivity contribution is 8.00. The Morgan fingerprint density at radius 3 is 2.00 bits per heavy atom. The maximum atomic E-state index is 8.86. The summed E-state index contributed by atoms with van der Waals surface area (Å²) in [5, 5.41) is 9.71. The normalized spacial score (nSPS) is 39.2. The Hall–Kier alpha value is -0.940. The summed E-state index contributed by atoms with van der Waals surface area (Å²) in [6, 6.07) is 10.4. The molecule has 1 nitrogen and oxygen atoms in total. The van der Waals surface area contributed by atoms with Gasteiger partial charge in [-0.3, -0.25) is 0 Å². The molecule has 98 valence electrons. The van der Waals surface area contributed by atoms with Gasteiger partial charge in [-0.25, -0.2) is 0 Å². The first-order chi connectivity index (χ1) is 9.31. The predicted octanol–water partition coefficient (Wildman–Crippen LogP) is 4.48. The van der Waals surface area contributed by atoms with Gasteiger partial charge in [-0.2, -0.15) is 5.26 Å². The van der Waals surface area contributed by atoms with Crippen molar-refractivity contribution in [2.24, 2.45) is 23.7 Å². The average Bonchev–Trinajstić information content (AvgIpc) is 2.43. The fraction of sp³-hybridized carbons (Fsp3) is 0.588. The van der Waals surface area contributed by atoms with Crippen molar-refractivity contribution < 1.29 is 0 Å². The number of nitriles is 1. The van der Waals surface area contributed by atoms with Crippen LogP contribution in [0.2, 0.25) is 0 Å². The average molecular weight is 269 g/mol. The first kappa shape index (κ1) is 11.9. The highest BCUT2D eigenvalue weighted by Crippen LogP contribution is 2.57. The van der Waals surface area contributed by atoms with E-state index in [1.807, 2.05) is 12.1 Å². The van der Waals surface area contributed by atoms with Gasteiger partial charge in [0.05, 0.1) is 11.6 Å². The van der Waals surface area contributed by atoms with Gasteiger partial charge >= 0.3 is 0 Å². The zero-order valence-electron chi connectivity index (χ0n) is 11.1. The topological polar surface area (TPSA) is 23.8 Å². The molecule has 0 radical (unpaired) electrons. The molecule has 0 unspecified atom stereocenters. The van der Waals surface area contributed by atoms with E-state index < -0.39 is 0 Å². The number of nitrogens with zero attached hydrogens (tertiary/aromatic N) is 1. The molecule has 4 saturated carbocycles. The van der Waals surface area contributed by atoms with Crippen molar-refractivity contribution in [2.75, 3.05) is 0 Å². The highest BCUT2D eigenvalue weighted by atomic mass is 32.2. The fourth-order valence-corrected chi connectivity index (χ4v) is 6.27. The Morgan fingerprint density at radius 1 is 0.895 bits per heavy atom. The quantitative estimate of drug-likeness (QED) is 0.790. The van der Waals surface area contributed by atoms with E-state index in [2.05, 4.69) is 30.0 Å². The minimum absolute atomic E-state index is 0.773. The zero-order valence-corrected chi connectivity index (χ0v) is 11.9. The Kier molecular flexibility index (Phi) is 2.84. The highest BCUT2D eigenvalue weighted by Gasteiger charge is 2.48. The van der Waals surface area contributed by atoms with E-state index in [1.54, 1.807) is 0 Å². The maximum Gasteiger partial charge on any atom is 0.0991 e. The molecular weight excluding hydrogens is 250 g/mol. The van der Waals surface area contributed by atoms with Crippen molar-refractivity contribution in [2.45, 2.75) is 42.2 Å². The summed E-state index contributed by atoms with van der Waals surface area (Å²) >= 11 is 2.09. The molecule has 4 aliphatic rings. The number of hydrogen-bond acceptors (Lipinski definition) is 2. The molecule has 4 aliphatic carbocycles. The number of rotatable bonds is 2. The van der Waals surface area contributed by atoms with Crippen LogP contribution in [0.25, 0.3) is 0 Å². The maximum absolute atomic E-state index is 8.86. The summed E-state index contributed by atoms with van der Waals surface area (Å²) < 4.78 is 0. The monoisotopic (exact) mass is 269 g/mol. The van der Waals surface area contributed by atoms with Crippen LogP contribution < -0.4 is 0 Å². The molecule has 0 amide bonds. The van der Waals surface area contributed by atoms with Gasteiger partial charge < -0.3 is 0 Å². The van der Waals surface area contributed by atoms with E-state index in [-0.39, 0.29) is 0 Å². The smallest absolute Gasteiger partial charge is 0.0991 e. The van der Waals surface area contributed by atoms with E-state index >= 15 is 0 Å². The second-order valence-corrected chi connectivity index (χ2v) is 7.90. The van der Waals surface area contributed by atoms with Crippen molar-refractivity contribution in [3.05, 3.63) is 29.8 Å². The van der Waals surface area contributed by atoms with Crippen LogP contribution in [0.5, 0.6) is 0 Å². The van der Waals surface area contributed by atoms with Crippen LogP contribution in [-0.4, -0.2) is 5.25 Å². The fourth-order valence-electron chi connectivity index (χ4n) is 4.83. The summed E-state index contributed by atoms with van der Waals surface area (Å²) in [5.41, 5.74) is 0.773. The van der Waals surface area contributed by atoms with Crippen molar-refractivity contribution in [1.82, 2.24) is 0 Å². The van der Waals surface area contributed by atoms with Gasteiger partial charge in [0.25, 0.3) is 0 Å². The molecule has 0 aromatic heterocycles. The minimum atomic E-state index is 0.773.